The van der Waals surface area contributed by atoms with Crippen molar-refractivity contribution < 1.29 is 4.79 Å². The van der Waals surface area contributed by atoms with Gasteiger partial charge in [0, 0.05) is 29.5 Å². The number of pyridine rings is 2. The van der Waals surface area contributed by atoms with Crippen molar-refractivity contribution >= 4 is 22.4 Å². The molecule has 1 aliphatic carbocycles. The van der Waals surface area contributed by atoms with E-state index in [1.807, 2.05) is 18.2 Å². The van der Waals surface area contributed by atoms with Gasteiger partial charge in [-0.25, -0.2) is 0 Å². The molecule has 4 rings (SSSR count). The molecule has 0 radical (unpaired) electrons. The molecule has 1 amide bonds. The van der Waals surface area contributed by atoms with Crippen molar-refractivity contribution in [3.05, 3.63) is 70.9 Å². The molecule has 0 saturated heterocycles. The zero-order chi connectivity index (χ0) is 15.8. The molecule has 2 heterocycles. The molecule has 3 aromatic rings. The molecule has 114 valence electrons. The Labute approximate surface area is 132 Å². The monoisotopic (exact) mass is 305 g/mol. The van der Waals surface area contributed by atoms with Crippen LogP contribution in [0.1, 0.15) is 29.4 Å². The number of carbonyl (C=O) groups is 1. The largest absolute Gasteiger partial charge is 0.321 e. The molecule has 0 aliphatic heterocycles. The highest BCUT2D eigenvalue weighted by Gasteiger charge is 2.29. The first-order chi connectivity index (χ1) is 11.2. The number of nitrogens with one attached hydrogen (secondary N) is 1. The van der Waals surface area contributed by atoms with Crippen molar-refractivity contribution in [2.24, 2.45) is 0 Å². The fourth-order valence-electron chi connectivity index (χ4n) is 2.77. The van der Waals surface area contributed by atoms with Crippen LogP contribution in [0.3, 0.4) is 0 Å². The highest BCUT2D eigenvalue weighted by Crippen LogP contribution is 2.35. The number of aromatic nitrogens is 2. The van der Waals surface area contributed by atoms with Gasteiger partial charge in [-0.05, 0) is 42.5 Å². The first-order valence-electron chi connectivity index (χ1n) is 7.60. The van der Waals surface area contributed by atoms with Gasteiger partial charge in [0.05, 0.1) is 0 Å². The van der Waals surface area contributed by atoms with Crippen LogP contribution in [0.15, 0.2) is 59.7 Å². The van der Waals surface area contributed by atoms with Crippen molar-refractivity contribution in [1.82, 2.24) is 9.55 Å². The summed E-state index contributed by atoms with van der Waals surface area (Å²) in [6, 6.07) is 12.7. The lowest BCUT2D eigenvalue weighted by Gasteiger charge is -2.13. The Morgan fingerprint density at radius 3 is 2.61 bits per heavy atom. The van der Waals surface area contributed by atoms with E-state index in [-0.39, 0.29) is 17.5 Å². The van der Waals surface area contributed by atoms with Crippen LogP contribution in [0.25, 0.3) is 10.8 Å². The van der Waals surface area contributed by atoms with Gasteiger partial charge in [0.1, 0.15) is 5.69 Å². The minimum atomic E-state index is -0.272. The predicted molar refractivity (Wildman–Crippen MR) is 88.7 cm³/mol. The van der Waals surface area contributed by atoms with Crippen LogP contribution in [0.2, 0.25) is 0 Å². The highest BCUT2D eigenvalue weighted by atomic mass is 16.2. The molecule has 0 bridgehead atoms. The Bertz CT molecular complexity index is 943. The Morgan fingerprint density at radius 1 is 1.13 bits per heavy atom. The maximum Gasteiger partial charge on any atom is 0.272 e. The molecule has 1 fully saturated rings. The summed E-state index contributed by atoms with van der Waals surface area (Å²) in [7, 11) is 0. The van der Waals surface area contributed by atoms with E-state index in [0.29, 0.717) is 16.8 Å². The fraction of sp³-hybridized carbons (Fsp3) is 0.167. The van der Waals surface area contributed by atoms with Gasteiger partial charge in [0.15, 0.2) is 0 Å². The van der Waals surface area contributed by atoms with E-state index < -0.39 is 0 Å². The minimum absolute atomic E-state index is 0.0921. The van der Waals surface area contributed by atoms with Crippen LogP contribution in [-0.2, 0) is 0 Å². The van der Waals surface area contributed by atoms with E-state index in [4.69, 9.17) is 0 Å². The first kappa shape index (κ1) is 13.7. The standard InChI is InChI=1S/C18H15N3O2/c22-17(20-13-7-9-19-10-8-13)16-11-12-3-1-2-4-15(12)18(23)21(16)14-5-6-14/h1-4,7-11,14H,5-6H2,(H,19,20,22). The zero-order valence-corrected chi connectivity index (χ0v) is 12.4. The van der Waals surface area contributed by atoms with E-state index in [2.05, 4.69) is 10.3 Å². The minimum Gasteiger partial charge on any atom is -0.321 e. The summed E-state index contributed by atoms with van der Waals surface area (Å²) >= 11 is 0. The summed E-state index contributed by atoms with van der Waals surface area (Å²) in [6.07, 6.45) is 5.11. The van der Waals surface area contributed by atoms with Gasteiger partial charge in [-0.3, -0.25) is 14.6 Å². The number of rotatable bonds is 3. The second-order valence-corrected chi connectivity index (χ2v) is 5.71. The molecule has 5 nitrogen and oxygen atoms in total. The lowest BCUT2D eigenvalue weighted by Crippen LogP contribution is -2.28. The van der Waals surface area contributed by atoms with Crippen molar-refractivity contribution in [2.75, 3.05) is 5.32 Å². The zero-order valence-electron chi connectivity index (χ0n) is 12.4. The van der Waals surface area contributed by atoms with Gasteiger partial charge in [-0.15, -0.1) is 0 Å². The maximum absolute atomic E-state index is 12.8. The van der Waals surface area contributed by atoms with E-state index in [1.165, 1.54) is 0 Å². The molecule has 0 spiro atoms. The van der Waals surface area contributed by atoms with Crippen molar-refractivity contribution in [1.29, 1.82) is 0 Å². The van der Waals surface area contributed by atoms with Gasteiger partial charge in [0.25, 0.3) is 11.5 Å². The SMILES string of the molecule is O=C(Nc1ccncc1)c1cc2ccccc2c(=O)n1C1CC1. The van der Waals surface area contributed by atoms with Crippen LogP contribution in [-0.4, -0.2) is 15.5 Å². The average molecular weight is 305 g/mol. The first-order valence-corrected chi connectivity index (χ1v) is 7.60. The smallest absolute Gasteiger partial charge is 0.272 e. The van der Waals surface area contributed by atoms with Crippen LogP contribution in [0.5, 0.6) is 0 Å². The summed E-state index contributed by atoms with van der Waals surface area (Å²) in [6.45, 7) is 0. The van der Waals surface area contributed by atoms with E-state index in [9.17, 15) is 9.59 Å². The average Bonchev–Trinajstić information content (AvgIpc) is 3.40. The Morgan fingerprint density at radius 2 is 1.87 bits per heavy atom. The van der Waals surface area contributed by atoms with Gasteiger partial charge >= 0.3 is 0 Å². The van der Waals surface area contributed by atoms with Gasteiger partial charge in [-0.1, -0.05) is 18.2 Å². The predicted octanol–water partition coefficient (Wildman–Crippen LogP) is 2.98. The molecule has 1 aliphatic rings. The summed E-state index contributed by atoms with van der Waals surface area (Å²) < 4.78 is 1.64. The highest BCUT2D eigenvalue weighted by molar-refractivity contribution is 6.05. The molecule has 1 aromatic carbocycles. The van der Waals surface area contributed by atoms with Gasteiger partial charge in [-0.2, -0.15) is 0 Å². The number of benzene rings is 1. The topological polar surface area (TPSA) is 64.0 Å². The second-order valence-electron chi connectivity index (χ2n) is 5.71. The van der Waals surface area contributed by atoms with E-state index in [1.54, 1.807) is 41.2 Å². The summed E-state index contributed by atoms with van der Waals surface area (Å²) in [5, 5.41) is 4.27. The Kier molecular flexibility index (Phi) is 3.19. The number of carbonyl (C=O) groups excluding carboxylic acids is 1. The molecule has 2 aromatic heterocycles. The number of anilines is 1. The summed E-state index contributed by atoms with van der Waals surface area (Å²) in [4.78, 5) is 29.4. The Balaban J connectivity index is 1.83. The molecule has 1 N–H and O–H groups in total. The van der Waals surface area contributed by atoms with Crippen LogP contribution >= 0.6 is 0 Å². The van der Waals surface area contributed by atoms with Gasteiger partial charge < -0.3 is 9.88 Å². The van der Waals surface area contributed by atoms with Crippen molar-refractivity contribution in [3.8, 4) is 0 Å². The molecule has 0 atom stereocenters. The third-order valence-corrected chi connectivity index (χ3v) is 4.04. The van der Waals surface area contributed by atoms with Crippen LogP contribution in [0, 0.1) is 0 Å². The fourth-order valence-corrected chi connectivity index (χ4v) is 2.77. The molecular weight excluding hydrogens is 290 g/mol. The number of fused-ring (bicyclic) bond motifs is 1. The quantitative estimate of drug-likeness (QED) is 0.809. The number of amides is 1. The third-order valence-electron chi connectivity index (χ3n) is 4.04. The Hall–Kier alpha value is -2.95. The normalized spacial score (nSPS) is 13.9. The third kappa shape index (κ3) is 2.50. The second kappa shape index (κ2) is 5.35. The van der Waals surface area contributed by atoms with Gasteiger partial charge in [0.2, 0.25) is 0 Å². The summed E-state index contributed by atoms with van der Waals surface area (Å²) in [5.74, 6) is -0.272. The van der Waals surface area contributed by atoms with E-state index in [0.717, 1.165) is 18.2 Å². The van der Waals surface area contributed by atoms with Crippen LogP contribution in [0.4, 0.5) is 5.69 Å². The molecule has 5 heteroatoms. The van der Waals surface area contributed by atoms with Crippen molar-refractivity contribution in [2.45, 2.75) is 18.9 Å². The maximum atomic E-state index is 12.8. The lowest BCUT2D eigenvalue weighted by atomic mass is 10.1. The number of hydrogen-bond acceptors (Lipinski definition) is 3. The van der Waals surface area contributed by atoms with Crippen molar-refractivity contribution in [3.63, 3.8) is 0 Å². The molecule has 1 saturated carbocycles. The lowest BCUT2D eigenvalue weighted by molar-refractivity contribution is 0.101. The molecular formula is C18H15N3O2. The molecule has 0 unspecified atom stereocenters. The number of nitrogens with zero attached hydrogens (tertiary/aromatic N) is 2. The molecule has 23 heavy (non-hydrogen) atoms. The van der Waals surface area contributed by atoms with Crippen LogP contribution < -0.4 is 10.9 Å². The van der Waals surface area contributed by atoms with E-state index >= 15 is 0 Å². The number of hydrogen-bond donors (Lipinski definition) is 1. The summed E-state index contributed by atoms with van der Waals surface area (Å²) in [5.41, 5.74) is 0.978.